The Morgan fingerprint density at radius 1 is 1.47 bits per heavy atom. The number of amides is 1. The molecule has 7 heteroatoms. The second kappa shape index (κ2) is 3.53. The van der Waals surface area contributed by atoms with E-state index in [0.29, 0.717) is 0 Å². The summed E-state index contributed by atoms with van der Waals surface area (Å²) < 4.78 is 3.27. The number of carboxylic acid groups (broad SMARTS) is 1. The molecule has 0 saturated heterocycles. The Hall–Kier alpha value is -0.940. The van der Waals surface area contributed by atoms with Crippen molar-refractivity contribution < 1.29 is 19.4 Å². The minimum absolute atomic E-state index is 0.0730. The van der Waals surface area contributed by atoms with Gasteiger partial charge in [-0.15, -0.1) is 0 Å². The van der Waals surface area contributed by atoms with E-state index in [2.05, 4.69) is 11.9 Å². The number of carbonyl (C=O) groups is 2. The summed E-state index contributed by atoms with van der Waals surface area (Å²) in [5.74, 6) is -1.04. The summed E-state index contributed by atoms with van der Waals surface area (Å²) in [5.41, 5.74) is -2.02. The van der Waals surface area contributed by atoms with E-state index >= 15 is 0 Å². The first-order valence-corrected chi connectivity index (χ1v) is 5.74. The van der Waals surface area contributed by atoms with Crippen LogP contribution in [0.15, 0.2) is 12.7 Å². The van der Waals surface area contributed by atoms with E-state index in [9.17, 15) is 9.59 Å². The summed E-state index contributed by atoms with van der Waals surface area (Å²) in [6.07, 6.45) is 1.21. The van der Waals surface area contributed by atoms with Gasteiger partial charge in [0.25, 0.3) is 0 Å². The molecule has 5 nitrogen and oxygen atoms in total. The van der Waals surface area contributed by atoms with Crippen molar-refractivity contribution in [2.75, 3.05) is 6.61 Å². The summed E-state index contributed by atoms with van der Waals surface area (Å²) in [4.78, 5) is 22.4. The number of hydrogen-bond acceptors (Lipinski definition) is 3. The van der Waals surface area contributed by atoms with Crippen molar-refractivity contribution in [3.63, 3.8) is 0 Å². The minimum atomic E-state index is -1.47. The van der Waals surface area contributed by atoms with Crippen LogP contribution in [-0.2, 0) is 9.53 Å². The Morgan fingerprint density at radius 2 is 2.06 bits per heavy atom. The maximum Gasteiger partial charge on any atom is 0.407 e. The predicted octanol–water partition coefficient (Wildman–Crippen LogP) is 1.69. The zero-order valence-electron chi connectivity index (χ0n) is 8.83. The third-order valence-electron chi connectivity index (χ3n) is 3.49. The molecule has 0 heterocycles. The molecule has 0 radical (unpaired) electrons. The molecule has 1 amide bonds. The molecule has 0 atom stereocenters. The molecular formula is C10H11Cl2NO4. The number of alkyl carbamates (subject to hydrolysis) is 1. The maximum atomic E-state index is 11.4. The molecule has 3 fully saturated rings. The first-order chi connectivity index (χ1) is 7.81. The molecule has 0 aromatic carbocycles. The van der Waals surface area contributed by atoms with Crippen LogP contribution < -0.4 is 5.32 Å². The smallest absolute Gasteiger partial charge is 0.407 e. The highest BCUT2D eigenvalue weighted by Crippen LogP contribution is 2.78. The van der Waals surface area contributed by atoms with E-state index < -0.39 is 27.3 Å². The van der Waals surface area contributed by atoms with Gasteiger partial charge in [-0.1, -0.05) is 35.9 Å². The molecular weight excluding hydrogens is 269 g/mol. The van der Waals surface area contributed by atoms with Gasteiger partial charge in [0.1, 0.15) is 12.0 Å². The molecule has 0 unspecified atom stereocenters. The number of nitrogens with one attached hydrogen (secondary N) is 1. The Morgan fingerprint density at radius 3 is 2.47 bits per heavy atom. The summed E-state index contributed by atoms with van der Waals surface area (Å²) >= 11 is 12.0. The zero-order chi connectivity index (χ0) is 12.9. The van der Waals surface area contributed by atoms with Gasteiger partial charge in [-0.05, 0) is 12.8 Å². The standard InChI is InChI=1S/C10H11Cl2NO4/c1-2-3-17-7(16)13-9-4-8(5-9,6(14)15)10(9,11)12/h2H,1,3-5H2,(H,13,16)(H,14,15). The monoisotopic (exact) mass is 279 g/mol. The number of carbonyl (C=O) groups excluding carboxylic acids is 1. The summed E-state index contributed by atoms with van der Waals surface area (Å²) in [5, 5.41) is 11.6. The molecule has 3 aliphatic carbocycles. The first-order valence-electron chi connectivity index (χ1n) is 4.98. The van der Waals surface area contributed by atoms with Crippen molar-refractivity contribution in [2.24, 2.45) is 5.41 Å². The van der Waals surface area contributed by atoms with Crippen LogP contribution in [0.3, 0.4) is 0 Å². The largest absolute Gasteiger partial charge is 0.481 e. The van der Waals surface area contributed by atoms with Gasteiger partial charge in [0.15, 0.2) is 4.33 Å². The van der Waals surface area contributed by atoms with Crippen molar-refractivity contribution in [1.29, 1.82) is 0 Å². The quantitative estimate of drug-likeness (QED) is 0.607. The van der Waals surface area contributed by atoms with Crippen molar-refractivity contribution in [2.45, 2.75) is 22.7 Å². The molecule has 2 N–H and O–H groups in total. The van der Waals surface area contributed by atoms with Gasteiger partial charge >= 0.3 is 12.1 Å². The van der Waals surface area contributed by atoms with Crippen molar-refractivity contribution >= 4 is 35.3 Å². The molecule has 3 rings (SSSR count). The number of ether oxygens (including phenoxy) is 1. The van der Waals surface area contributed by atoms with Gasteiger partial charge in [0.05, 0.1) is 5.54 Å². The third-order valence-corrected chi connectivity index (χ3v) is 4.94. The van der Waals surface area contributed by atoms with E-state index in [4.69, 9.17) is 33.0 Å². The van der Waals surface area contributed by atoms with Crippen molar-refractivity contribution in [1.82, 2.24) is 5.32 Å². The highest BCUT2D eigenvalue weighted by molar-refractivity contribution is 6.53. The van der Waals surface area contributed by atoms with Crippen LogP contribution in [0.25, 0.3) is 0 Å². The fourth-order valence-corrected chi connectivity index (χ4v) is 3.28. The van der Waals surface area contributed by atoms with E-state index in [0.717, 1.165) is 0 Å². The minimum Gasteiger partial charge on any atom is -0.481 e. The average molecular weight is 280 g/mol. The topological polar surface area (TPSA) is 75.6 Å². The Balaban J connectivity index is 2.00. The molecule has 94 valence electrons. The van der Waals surface area contributed by atoms with Crippen LogP contribution in [0.1, 0.15) is 12.8 Å². The zero-order valence-corrected chi connectivity index (χ0v) is 10.3. The van der Waals surface area contributed by atoms with E-state index in [1.165, 1.54) is 6.08 Å². The van der Waals surface area contributed by atoms with Crippen molar-refractivity contribution in [3.05, 3.63) is 12.7 Å². The number of rotatable bonds is 4. The molecule has 17 heavy (non-hydrogen) atoms. The predicted molar refractivity (Wildman–Crippen MR) is 61.2 cm³/mol. The lowest BCUT2D eigenvalue weighted by atomic mass is 9.38. The summed E-state index contributed by atoms with van der Waals surface area (Å²) in [6.45, 7) is 3.47. The third kappa shape index (κ3) is 1.32. The van der Waals surface area contributed by atoms with E-state index in [1.807, 2.05) is 0 Å². The maximum absolute atomic E-state index is 11.4. The van der Waals surface area contributed by atoms with Crippen LogP contribution in [0.2, 0.25) is 0 Å². The van der Waals surface area contributed by atoms with Crippen molar-refractivity contribution in [3.8, 4) is 0 Å². The molecule has 0 spiro atoms. The highest BCUT2D eigenvalue weighted by atomic mass is 35.5. The Bertz CT molecular complexity index is 401. The van der Waals surface area contributed by atoms with E-state index in [-0.39, 0.29) is 19.4 Å². The average Bonchev–Trinajstić information content (AvgIpc) is 2.19. The van der Waals surface area contributed by atoms with Gasteiger partial charge in [0, 0.05) is 0 Å². The van der Waals surface area contributed by atoms with Crippen LogP contribution >= 0.6 is 23.2 Å². The Labute approximate surface area is 108 Å². The second-order valence-corrected chi connectivity index (χ2v) is 5.74. The lowest BCUT2D eigenvalue weighted by Crippen LogP contribution is -2.90. The second-order valence-electron chi connectivity index (χ2n) is 4.41. The molecule has 0 aromatic rings. The Kier molecular flexibility index (Phi) is 2.60. The van der Waals surface area contributed by atoms with Gasteiger partial charge in [-0.2, -0.15) is 0 Å². The fraction of sp³-hybridized carbons (Fsp3) is 0.600. The molecule has 2 bridgehead atoms. The molecule has 0 aliphatic heterocycles. The van der Waals surface area contributed by atoms with Gasteiger partial charge in [0.2, 0.25) is 0 Å². The molecule has 0 aromatic heterocycles. The SMILES string of the molecule is C=CCOC(=O)NC12CC(C(=O)O)(C1)C2(Cl)Cl. The van der Waals surface area contributed by atoms with Gasteiger partial charge < -0.3 is 15.2 Å². The highest BCUT2D eigenvalue weighted by Gasteiger charge is 2.88. The van der Waals surface area contributed by atoms with Gasteiger partial charge in [-0.3, -0.25) is 4.79 Å². The van der Waals surface area contributed by atoms with Crippen LogP contribution in [0.4, 0.5) is 4.79 Å². The lowest BCUT2D eigenvalue weighted by Gasteiger charge is -2.75. The number of halogens is 2. The lowest BCUT2D eigenvalue weighted by molar-refractivity contribution is -0.202. The summed E-state index contributed by atoms with van der Waals surface area (Å²) in [6, 6.07) is 0. The molecule has 3 aliphatic rings. The van der Waals surface area contributed by atoms with Crippen LogP contribution in [0.5, 0.6) is 0 Å². The fourth-order valence-electron chi connectivity index (χ4n) is 2.49. The van der Waals surface area contributed by atoms with Crippen LogP contribution in [-0.4, -0.2) is 33.6 Å². The summed E-state index contributed by atoms with van der Waals surface area (Å²) in [7, 11) is 0. The number of aliphatic carboxylic acids is 1. The number of carboxylic acids is 1. The first kappa shape index (κ1) is 12.5. The normalized spacial score (nSPS) is 36.1. The van der Waals surface area contributed by atoms with Gasteiger partial charge in [-0.25, -0.2) is 4.79 Å². The number of alkyl halides is 2. The van der Waals surface area contributed by atoms with Crippen LogP contribution in [0, 0.1) is 5.41 Å². The number of hydrogen-bond donors (Lipinski definition) is 2. The van der Waals surface area contributed by atoms with E-state index in [1.54, 1.807) is 0 Å². The molecule has 3 saturated carbocycles.